The summed E-state index contributed by atoms with van der Waals surface area (Å²) in [4.78, 5) is 33.5. The Morgan fingerprint density at radius 3 is 2.40 bits per heavy atom. The molecule has 0 aliphatic carbocycles. The van der Waals surface area contributed by atoms with Crippen LogP contribution in [0.15, 0.2) is 24.3 Å². The number of benzene rings is 1. The van der Waals surface area contributed by atoms with Crippen molar-refractivity contribution in [1.82, 2.24) is 5.32 Å². The fraction of sp³-hybridized carbons (Fsp3) is 0.308. The van der Waals surface area contributed by atoms with Crippen LogP contribution in [0.1, 0.15) is 16.8 Å². The van der Waals surface area contributed by atoms with Crippen LogP contribution in [0.2, 0.25) is 0 Å². The highest BCUT2D eigenvalue weighted by Crippen LogP contribution is 2.10. The first-order chi connectivity index (χ1) is 9.52. The second-order valence-electron chi connectivity index (χ2n) is 3.97. The number of nitrogens with two attached hydrogens (primary N) is 1. The van der Waals surface area contributed by atoms with Crippen molar-refractivity contribution in [1.29, 1.82) is 0 Å². The molecule has 1 rings (SSSR count). The molecule has 4 N–H and O–H groups in total. The van der Waals surface area contributed by atoms with Crippen LogP contribution < -0.4 is 16.4 Å². The fourth-order valence-corrected chi connectivity index (χ4v) is 2.09. The molecule has 1 aromatic rings. The van der Waals surface area contributed by atoms with E-state index >= 15 is 0 Å². The first-order valence-corrected chi connectivity index (χ1v) is 7.16. The number of hydrogen-bond donors (Lipinski definition) is 3. The predicted molar refractivity (Wildman–Crippen MR) is 79.6 cm³/mol. The zero-order chi connectivity index (χ0) is 15.0. The molecule has 0 atom stereocenters. The van der Waals surface area contributed by atoms with Crippen molar-refractivity contribution >= 4 is 35.2 Å². The lowest BCUT2D eigenvalue weighted by molar-refractivity contribution is -0.116. The summed E-state index contributed by atoms with van der Waals surface area (Å²) in [6.45, 7) is 0. The van der Waals surface area contributed by atoms with Gasteiger partial charge in [-0.05, 0) is 24.3 Å². The highest BCUT2D eigenvalue weighted by atomic mass is 32.2. The van der Waals surface area contributed by atoms with Gasteiger partial charge in [-0.25, -0.2) is 0 Å². The Morgan fingerprint density at radius 2 is 1.85 bits per heavy atom. The third-order valence-electron chi connectivity index (χ3n) is 2.38. The van der Waals surface area contributed by atoms with Crippen LogP contribution in [-0.4, -0.2) is 36.3 Å². The van der Waals surface area contributed by atoms with Crippen LogP contribution >= 0.6 is 11.8 Å². The molecule has 0 unspecified atom stereocenters. The topological polar surface area (TPSA) is 101 Å². The van der Waals surface area contributed by atoms with Crippen molar-refractivity contribution in [2.24, 2.45) is 5.73 Å². The minimum atomic E-state index is -0.389. The number of anilines is 1. The quantitative estimate of drug-likeness (QED) is 0.641. The largest absolute Gasteiger partial charge is 0.369 e. The molecule has 0 fully saturated rings. The molecule has 108 valence electrons. The SMILES string of the molecule is CNC(=O)c1ccc(NC(=O)CCSCC(N)=O)cc1. The summed E-state index contributed by atoms with van der Waals surface area (Å²) in [5.74, 6) is 0.0414. The molecular weight excluding hydrogens is 278 g/mol. The van der Waals surface area contributed by atoms with Gasteiger partial charge in [0.25, 0.3) is 5.91 Å². The maximum absolute atomic E-state index is 11.6. The van der Waals surface area contributed by atoms with Crippen LogP contribution in [0.3, 0.4) is 0 Å². The molecule has 0 aromatic heterocycles. The lowest BCUT2D eigenvalue weighted by Gasteiger charge is -2.06. The Labute approximate surface area is 121 Å². The Bertz CT molecular complexity index is 488. The maximum Gasteiger partial charge on any atom is 0.251 e. The number of carbonyl (C=O) groups excluding carboxylic acids is 3. The number of primary amides is 1. The highest BCUT2D eigenvalue weighted by molar-refractivity contribution is 7.99. The van der Waals surface area contributed by atoms with Gasteiger partial charge >= 0.3 is 0 Å². The fourth-order valence-electron chi connectivity index (χ4n) is 1.41. The Morgan fingerprint density at radius 1 is 1.20 bits per heavy atom. The van der Waals surface area contributed by atoms with Crippen LogP contribution in [0.5, 0.6) is 0 Å². The third kappa shape index (κ3) is 5.75. The molecule has 0 saturated heterocycles. The number of hydrogen-bond acceptors (Lipinski definition) is 4. The van der Waals surface area contributed by atoms with Crippen molar-refractivity contribution in [3.8, 4) is 0 Å². The molecule has 0 saturated carbocycles. The molecular formula is C13H17N3O3S. The monoisotopic (exact) mass is 295 g/mol. The first-order valence-electron chi connectivity index (χ1n) is 6.01. The molecule has 3 amide bonds. The number of thioether (sulfide) groups is 1. The first kappa shape index (κ1) is 16.0. The molecule has 0 radical (unpaired) electrons. The minimum Gasteiger partial charge on any atom is -0.369 e. The summed E-state index contributed by atoms with van der Waals surface area (Å²) < 4.78 is 0. The second-order valence-corrected chi connectivity index (χ2v) is 5.08. The third-order valence-corrected chi connectivity index (χ3v) is 3.36. The van der Waals surface area contributed by atoms with Crippen molar-refractivity contribution in [2.45, 2.75) is 6.42 Å². The second kappa shape index (κ2) is 8.21. The Kier molecular flexibility index (Phi) is 6.58. The van der Waals surface area contributed by atoms with Gasteiger partial charge in [0.2, 0.25) is 11.8 Å². The Hall–Kier alpha value is -2.02. The lowest BCUT2D eigenvalue weighted by atomic mass is 10.2. The summed E-state index contributed by atoms with van der Waals surface area (Å²) in [6, 6.07) is 6.60. The van der Waals surface area contributed by atoms with Gasteiger partial charge in [-0.2, -0.15) is 11.8 Å². The van der Waals surface area contributed by atoms with Gasteiger partial charge in [0, 0.05) is 30.5 Å². The number of amides is 3. The van der Waals surface area contributed by atoms with Gasteiger partial charge in [0.05, 0.1) is 5.75 Å². The van der Waals surface area contributed by atoms with E-state index < -0.39 is 0 Å². The van der Waals surface area contributed by atoms with Crippen LogP contribution in [0, 0.1) is 0 Å². The van der Waals surface area contributed by atoms with E-state index in [1.54, 1.807) is 31.3 Å². The molecule has 0 heterocycles. The van der Waals surface area contributed by atoms with Gasteiger partial charge in [0.15, 0.2) is 0 Å². The number of nitrogens with one attached hydrogen (secondary N) is 2. The predicted octanol–water partition coefficient (Wildman–Crippen LogP) is 0.593. The average molecular weight is 295 g/mol. The van der Waals surface area contributed by atoms with Crippen LogP contribution in [0.25, 0.3) is 0 Å². The summed E-state index contributed by atoms with van der Waals surface area (Å²) in [5.41, 5.74) is 6.15. The lowest BCUT2D eigenvalue weighted by Crippen LogP contribution is -2.18. The summed E-state index contributed by atoms with van der Waals surface area (Å²) in [7, 11) is 1.56. The van der Waals surface area contributed by atoms with E-state index in [1.165, 1.54) is 11.8 Å². The van der Waals surface area contributed by atoms with Crippen LogP contribution in [0.4, 0.5) is 5.69 Å². The maximum atomic E-state index is 11.6. The zero-order valence-corrected chi connectivity index (χ0v) is 12.0. The van der Waals surface area contributed by atoms with Gasteiger partial charge in [-0.3, -0.25) is 14.4 Å². The smallest absolute Gasteiger partial charge is 0.251 e. The van der Waals surface area contributed by atoms with Crippen molar-refractivity contribution in [3.05, 3.63) is 29.8 Å². The standard InChI is InChI=1S/C13H17N3O3S/c1-15-13(19)9-2-4-10(5-3-9)16-12(18)6-7-20-8-11(14)17/h2-5H,6-8H2,1H3,(H2,14,17)(H,15,19)(H,16,18). The molecule has 20 heavy (non-hydrogen) atoms. The molecule has 1 aromatic carbocycles. The molecule has 0 aliphatic heterocycles. The van der Waals surface area contributed by atoms with Gasteiger partial charge in [-0.1, -0.05) is 0 Å². The van der Waals surface area contributed by atoms with Gasteiger partial charge in [0.1, 0.15) is 0 Å². The molecule has 0 aliphatic rings. The van der Waals surface area contributed by atoms with Gasteiger partial charge in [-0.15, -0.1) is 0 Å². The molecule has 0 bridgehead atoms. The minimum absolute atomic E-state index is 0.144. The molecule has 7 heteroatoms. The van der Waals surface area contributed by atoms with E-state index in [4.69, 9.17) is 5.73 Å². The van der Waals surface area contributed by atoms with E-state index in [0.717, 1.165) is 0 Å². The Balaban J connectivity index is 2.38. The van der Waals surface area contributed by atoms with E-state index in [1.807, 2.05) is 0 Å². The van der Waals surface area contributed by atoms with Crippen molar-refractivity contribution < 1.29 is 14.4 Å². The summed E-state index contributed by atoms with van der Waals surface area (Å²) in [5, 5.41) is 5.23. The molecule has 6 nitrogen and oxygen atoms in total. The van der Waals surface area contributed by atoms with Gasteiger partial charge < -0.3 is 16.4 Å². The van der Waals surface area contributed by atoms with Crippen LogP contribution in [-0.2, 0) is 9.59 Å². The van der Waals surface area contributed by atoms with E-state index in [0.29, 0.717) is 23.4 Å². The average Bonchev–Trinajstić information content (AvgIpc) is 2.43. The number of carbonyl (C=O) groups is 3. The van der Waals surface area contributed by atoms with Crippen molar-refractivity contribution in [3.63, 3.8) is 0 Å². The normalized spacial score (nSPS) is 9.85. The summed E-state index contributed by atoms with van der Waals surface area (Å²) in [6.07, 6.45) is 0.301. The highest BCUT2D eigenvalue weighted by Gasteiger charge is 2.05. The van der Waals surface area contributed by atoms with E-state index in [9.17, 15) is 14.4 Å². The van der Waals surface area contributed by atoms with Crippen molar-refractivity contribution in [2.75, 3.05) is 23.9 Å². The number of rotatable bonds is 7. The zero-order valence-electron chi connectivity index (χ0n) is 11.1. The molecule has 0 spiro atoms. The van der Waals surface area contributed by atoms with E-state index in [-0.39, 0.29) is 23.5 Å². The summed E-state index contributed by atoms with van der Waals surface area (Å²) >= 11 is 1.32. The van der Waals surface area contributed by atoms with E-state index in [2.05, 4.69) is 10.6 Å².